The van der Waals surface area contributed by atoms with Gasteiger partial charge in [0.05, 0.1) is 11.9 Å². The molecule has 4 rings (SSSR count). The maximum Gasteiger partial charge on any atom is 0.244 e. The summed E-state index contributed by atoms with van der Waals surface area (Å²) in [5.41, 5.74) is 4.03. The number of hydrogen-bond acceptors (Lipinski definition) is 4. The van der Waals surface area contributed by atoms with E-state index in [2.05, 4.69) is 5.32 Å². The van der Waals surface area contributed by atoms with E-state index in [4.69, 9.17) is 0 Å². The summed E-state index contributed by atoms with van der Waals surface area (Å²) in [5, 5.41) is 3.19. The van der Waals surface area contributed by atoms with Crippen molar-refractivity contribution >= 4 is 27.5 Å². The number of benzene rings is 3. The lowest BCUT2D eigenvalue weighted by Crippen LogP contribution is -2.54. The first-order valence-electron chi connectivity index (χ1n) is 13.8. The molecule has 40 heavy (non-hydrogen) atoms. The molecule has 3 aromatic carbocycles. The summed E-state index contributed by atoms with van der Waals surface area (Å²) >= 11 is 0. The molecular formula is C32H39N3O4S. The van der Waals surface area contributed by atoms with E-state index in [1.165, 1.54) is 0 Å². The van der Waals surface area contributed by atoms with Crippen molar-refractivity contribution in [2.24, 2.45) is 0 Å². The van der Waals surface area contributed by atoms with Gasteiger partial charge in [-0.05, 0) is 49.4 Å². The van der Waals surface area contributed by atoms with Crippen molar-refractivity contribution in [2.75, 3.05) is 17.1 Å². The van der Waals surface area contributed by atoms with Crippen molar-refractivity contribution in [2.45, 2.75) is 64.6 Å². The van der Waals surface area contributed by atoms with Crippen LogP contribution in [0.25, 0.3) is 0 Å². The van der Waals surface area contributed by atoms with Crippen LogP contribution in [0.4, 0.5) is 5.69 Å². The fourth-order valence-electron chi connectivity index (χ4n) is 5.37. The van der Waals surface area contributed by atoms with Gasteiger partial charge in [-0.2, -0.15) is 0 Å². The summed E-state index contributed by atoms with van der Waals surface area (Å²) in [6.45, 7) is 3.57. The van der Waals surface area contributed by atoms with Crippen molar-refractivity contribution in [3.05, 3.63) is 101 Å². The summed E-state index contributed by atoms with van der Waals surface area (Å²) in [4.78, 5) is 29.6. The highest BCUT2D eigenvalue weighted by molar-refractivity contribution is 7.92. The zero-order valence-electron chi connectivity index (χ0n) is 23.5. The van der Waals surface area contributed by atoms with Crippen LogP contribution in [0, 0.1) is 13.8 Å². The van der Waals surface area contributed by atoms with Crippen molar-refractivity contribution < 1.29 is 18.0 Å². The molecule has 0 radical (unpaired) electrons. The number of nitrogens with one attached hydrogen (secondary N) is 1. The molecule has 7 nitrogen and oxygen atoms in total. The Morgan fingerprint density at radius 2 is 1.55 bits per heavy atom. The minimum Gasteiger partial charge on any atom is -0.352 e. The van der Waals surface area contributed by atoms with Gasteiger partial charge in [0.25, 0.3) is 0 Å². The van der Waals surface area contributed by atoms with Crippen molar-refractivity contribution in [1.82, 2.24) is 10.2 Å². The molecule has 212 valence electrons. The maximum absolute atomic E-state index is 14.2. The Labute approximate surface area is 238 Å². The van der Waals surface area contributed by atoms with Crippen LogP contribution in [0.3, 0.4) is 0 Å². The summed E-state index contributed by atoms with van der Waals surface area (Å²) in [5.74, 6) is -0.642. The van der Waals surface area contributed by atoms with E-state index in [0.29, 0.717) is 12.1 Å². The van der Waals surface area contributed by atoms with E-state index in [1.807, 2.05) is 80.6 Å². The molecule has 0 saturated heterocycles. The zero-order valence-corrected chi connectivity index (χ0v) is 24.4. The Kier molecular flexibility index (Phi) is 9.63. The molecule has 0 spiro atoms. The van der Waals surface area contributed by atoms with E-state index >= 15 is 0 Å². The molecule has 0 aromatic heterocycles. The first-order valence-corrected chi connectivity index (χ1v) is 15.7. The number of para-hydroxylation sites is 1. The Morgan fingerprint density at radius 3 is 2.20 bits per heavy atom. The predicted octanol–water partition coefficient (Wildman–Crippen LogP) is 4.77. The van der Waals surface area contributed by atoms with Crippen LogP contribution in [0.5, 0.6) is 0 Å². The second-order valence-corrected chi connectivity index (χ2v) is 12.7. The van der Waals surface area contributed by atoms with Crippen molar-refractivity contribution in [1.29, 1.82) is 0 Å². The van der Waals surface area contributed by atoms with E-state index in [-0.39, 0.29) is 18.5 Å². The average Bonchev–Trinajstić information content (AvgIpc) is 3.43. The first kappa shape index (κ1) is 29.3. The molecule has 2 amide bonds. The smallest absolute Gasteiger partial charge is 0.244 e. The third-order valence-electron chi connectivity index (χ3n) is 7.47. The molecule has 1 saturated carbocycles. The van der Waals surface area contributed by atoms with Gasteiger partial charge in [-0.1, -0.05) is 91.2 Å². The molecule has 1 fully saturated rings. The highest BCUT2D eigenvalue weighted by Gasteiger charge is 2.34. The number of anilines is 1. The second-order valence-electron chi connectivity index (χ2n) is 10.8. The fourth-order valence-corrected chi connectivity index (χ4v) is 6.27. The van der Waals surface area contributed by atoms with Crippen LogP contribution in [0.15, 0.2) is 78.9 Å². The molecule has 1 aliphatic rings. The third kappa shape index (κ3) is 7.72. The summed E-state index contributed by atoms with van der Waals surface area (Å²) in [6.07, 6.45) is 5.40. The molecule has 3 aromatic rings. The fraction of sp³-hybridized carbons (Fsp3) is 0.375. The Morgan fingerprint density at radius 1 is 0.900 bits per heavy atom. The van der Waals surface area contributed by atoms with Gasteiger partial charge in [0.15, 0.2) is 0 Å². The van der Waals surface area contributed by atoms with Crippen LogP contribution in [0.1, 0.15) is 47.9 Å². The largest absolute Gasteiger partial charge is 0.352 e. The lowest BCUT2D eigenvalue weighted by molar-refractivity contribution is -0.140. The Balaban J connectivity index is 1.73. The SMILES string of the molecule is Cc1cccc(CN(C(=O)CN(c2ccccc2C)S(C)(=O)=O)[C@H](Cc2ccccc2)C(=O)NC2CCCC2)c1. The van der Waals surface area contributed by atoms with Crippen LogP contribution >= 0.6 is 0 Å². The Hall–Kier alpha value is -3.65. The number of rotatable bonds is 11. The van der Waals surface area contributed by atoms with Crippen LogP contribution in [-0.4, -0.2) is 50.0 Å². The minimum atomic E-state index is -3.79. The predicted molar refractivity (Wildman–Crippen MR) is 159 cm³/mol. The molecule has 1 aliphatic carbocycles. The van der Waals surface area contributed by atoms with Gasteiger partial charge < -0.3 is 10.2 Å². The number of nitrogens with zero attached hydrogens (tertiary/aromatic N) is 2. The number of hydrogen-bond donors (Lipinski definition) is 1. The van der Waals surface area contributed by atoms with E-state index in [0.717, 1.165) is 58.5 Å². The van der Waals surface area contributed by atoms with Gasteiger partial charge in [0.1, 0.15) is 12.6 Å². The number of carbonyl (C=O) groups excluding carboxylic acids is 2. The van der Waals surface area contributed by atoms with Crippen molar-refractivity contribution in [3.63, 3.8) is 0 Å². The second kappa shape index (κ2) is 13.1. The highest BCUT2D eigenvalue weighted by atomic mass is 32.2. The zero-order chi connectivity index (χ0) is 28.7. The maximum atomic E-state index is 14.2. The van der Waals surface area contributed by atoms with E-state index in [9.17, 15) is 18.0 Å². The molecular weight excluding hydrogens is 522 g/mol. The topological polar surface area (TPSA) is 86.8 Å². The molecule has 0 aliphatic heterocycles. The van der Waals surface area contributed by atoms with Crippen LogP contribution in [0.2, 0.25) is 0 Å². The van der Waals surface area contributed by atoms with Gasteiger partial charge in [-0.15, -0.1) is 0 Å². The average molecular weight is 562 g/mol. The van der Waals surface area contributed by atoms with Crippen LogP contribution < -0.4 is 9.62 Å². The van der Waals surface area contributed by atoms with Gasteiger partial charge in [0.2, 0.25) is 21.8 Å². The molecule has 1 N–H and O–H groups in total. The lowest BCUT2D eigenvalue weighted by atomic mass is 10.0. The Bertz CT molecular complexity index is 1420. The van der Waals surface area contributed by atoms with Crippen LogP contribution in [-0.2, 0) is 32.6 Å². The normalized spacial score (nSPS) is 14.5. The van der Waals surface area contributed by atoms with Gasteiger partial charge in [0, 0.05) is 19.0 Å². The molecule has 0 unspecified atom stereocenters. The van der Waals surface area contributed by atoms with Crippen molar-refractivity contribution in [3.8, 4) is 0 Å². The monoisotopic (exact) mass is 561 g/mol. The van der Waals surface area contributed by atoms with E-state index < -0.39 is 28.5 Å². The summed E-state index contributed by atoms with van der Waals surface area (Å²) < 4.78 is 27.0. The van der Waals surface area contributed by atoms with Gasteiger partial charge >= 0.3 is 0 Å². The van der Waals surface area contributed by atoms with E-state index in [1.54, 1.807) is 17.0 Å². The molecule has 1 atom stereocenters. The molecule has 0 bridgehead atoms. The number of aryl methyl sites for hydroxylation is 2. The summed E-state index contributed by atoms with van der Waals surface area (Å²) in [6, 6.07) is 23.8. The summed E-state index contributed by atoms with van der Waals surface area (Å²) in [7, 11) is -3.79. The number of amides is 2. The quantitative estimate of drug-likeness (QED) is 0.366. The number of sulfonamides is 1. The van der Waals surface area contributed by atoms with Gasteiger partial charge in [-0.3, -0.25) is 13.9 Å². The third-order valence-corrected chi connectivity index (χ3v) is 8.60. The lowest BCUT2D eigenvalue weighted by Gasteiger charge is -2.34. The molecule has 0 heterocycles. The minimum absolute atomic E-state index is 0.0844. The first-order chi connectivity index (χ1) is 19.1. The van der Waals surface area contributed by atoms with Gasteiger partial charge in [-0.25, -0.2) is 8.42 Å². The standard InChI is InChI=1S/C32H39N3O4S/c1-24-12-11-16-27(20-24)22-34(31(36)23-35(40(3,38)39)29-19-10-7-13-25(29)2)30(21-26-14-5-4-6-15-26)32(37)33-28-17-8-9-18-28/h4-7,10-16,19-20,28,30H,8-9,17-18,21-23H2,1-3H3,(H,33,37)/t30-/m1/s1. The number of carbonyl (C=O) groups is 2. The molecule has 8 heteroatoms. The highest BCUT2D eigenvalue weighted by Crippen LogP contribution is 2.24.